The molecule has 1 amide bonds. The molecule has 0 unspecified atom stereocenters. The van der Waals surface area contributed by atoms with Gasteiger partial charge in [-0.25, -0.2) is 23.0 Å². The maximum absolute atomic E-state index is 14.3. The Hall–Kier alpha value is -3.76. The molecular formula is C26H31ClF3N7O5S. The highest BCUT2D eigenvalue weighted by Crippen LogP contribution is 2.44. The third kappa shape index (κ3) is 7.80. The van der Waals surface area contributed by atoms with Gasteiger partial charge in [-0.15, -0.1) is 5.10 Å². The van der Waals surface area contributed by atoms with Gasteiger partial charge < -0.3 is 25.4 Å². The lowest BCUT2D eigenvalue weighted by Crippen LogP contribution is -2.47. The molecule has 0 radical (unpaired) electrons. The Bertz CT molecular complexity index is 1600. The van der Waals surface area contributed by atoms with E-state index < -0.39 is 45.1 Å². The molecule has 1 aromatic heterocycles. The number of aromatic amines is 1. The number of piperidine rings is 1. The van der Waals surface area contributed by atoms with E-state index in [-0.39, 0.29) is 51.9 Å². The van der Waals surface area contributed by atoms with Crippen molar-refractivity contribution in [1.82, 2.24) is 24.8 Å². The molecule has 0 saturated carbocycles. The van der Waals surface area contributed by atoms with Gasteiger partial charge in [0.15, 0.2) is 0 Å². The Morgan fingerprint density at radius 1 is 1.16 bits per heavy atom. The van der Waals surface area contributed by atoms with Crippen LogP contribution in [0.25, 0.3) is 11.1 Å². The molecule has 4 rings (SSSR count). The van der Waals surface area contributed by atoms with E-state index in [9.17, 15) is 26.4 Å². The molecule has 0 bridgehead atoms. The van der Waals surface area contributed by atoms with Crippen LogP contribution in [0.1, 0.15) is 39.2 Å². The van der Waals surface area contributed by atoms with E-state index in [1.165, 1.54) is 30.2 Å². The first-order valence-electron chi connectivity index (χ1n) is 13.0. The number of nitrogens with two attached hydrogens (primary N) is 1. The number of ether oxygens (including phenoxy) is 2. The van der Waals surface area contributed by atoms with Gasteiger partial charge in [-0.1, -0.05) is 17.7 Å². The Balaban J connectivity index is 1.62. The number of likely N-dealkylation sites (tertiary alicyclic amines) is 1. The van der Waals surface area contributed by atoms with E-state index in [2.05, 4.69) is 25.2 Å². The van der Waals surface area contributed by atoms with Crippen LogP contribution in [0.15, 0.2) is 35.2 Å². The van der Waals surface area contributed by atoms with Crippen LogP contribution in [0, 0.1) is 0 Å². The zero-order chi connectivity index (χ0) is 31.7. The van der Waals surface area contributed by atoms with Crippen molar-refractivity contribution >= 4 is 45.3 Å². The van der Waals surface area contributed by atoms with Crippen molar-refractivity contribution in [2.75, 3.05) is 31.2 Å². The van der Waals surface area contributed by atoms with Crippen LogP contribution in [0.2, 0.25) is 5.02 Å². The van der Waals surface area contributed by atoms with Gasteiger partial charge in [0.2, 0.25) is 21.9 Å². The van der Waals surface area contributed by atoms with Crippen LogP contribution >= 0.6 is 11.6 Å². The summed E-state index contributed by atoms with van der Waals surface area (Å²) >= 11 is 6.37. The van der Waals surface area contributed by atoms with Gasteiger partial charge in [0, 0.05) is 30.4 Å². The fourth-order valence-corrected chi connectivity index (χ4v) is 6.31. The van der Waals surface area contributed by atoms with E-state index >= 15 is 0 Å². The molecule has 1 aliphatic rings. The van der Waals surface area contributed by atoms with Crippen LogP contribution < -0.4 is 20.5 Å². The Morgan fingerprint density at radius 3 is 2.40 bits per heavy atom. The molecule has 0 aliphatic carbocycles. The van der Waals surface area contributed by atoms with Gasteiger partial charge in [-0.2, -0.15) is 18.2 Å². The number of alkyl halides is 3. The number of rotatable bonds is 7. The summed E-state index contributed by atoms with van der Waals surface area (Å²) in [5.74, 6) is -0.196. The van der Waals surface area contributed by atoms with E-state index in [1.54, 1.807) is 20.8 Å². The molecule has 1 fully saturated rings. The average molecular weight is 646 g/mol. The average Bonchev–Trinajstić information content (AvgIpc) is 3.31. The Morgan fingerprint density at radius 2 is 1.84 bits per heavy atom. The molecule has 3 aromatic rings. The number of sulfonamides is 1. The maximum Gasteiger partial charge on any atom is 0.417 e. The smallest absolute Gasteiger partial charge is 0.417 e. The summed E-state index contributed by atoms with van der Waals surface area (Å²) in [6, 6.07) is 5.12. The SMILES string of the molecule is COc1ccc(-c2c(Cl)cc(Nc3n[nH]c(N)n3)cc2C(F)(F)F)cc1S(=O)(=O)NC1CCN(C(=O)OC(C)(C)C)CC1. The standard InChI is InChI=1S/C26H31ClF3N7O5S/c1-25(2,3)42-24(38)37-9-7-15(8-10-37)36-43(39,40)20-11-14(5-6-19(20)41-4)21-17(26(28,29)30)12-16(13-18(21)27)32-23-33-22(31)34-35-23/h5-6,11-13,15,36H,7-10H2,1-4H3,(H4,31,32,33,34,35). The minimum atomic E-state index is -4.87. The second kappa shape index (κ2) is 12.1. The third-order valence-corrected chi connectivity index (χ3v) is 8.20. The van der Waals surface area contributed by atoms with Crippen LogP contribution in [0.3, 0.4) is 0 Å². The molecule has 43 heavy (non-hydrogen) atoms. The number of anilines is 3. The summed E-state index contributed by atoms with van der Waals surface area (Å²) in [7, 11) is -3.04. The van der Waals surface area contributed by atoms with E-state index in [0.29, 0.717) is 12.8 Å². The first-order valence-corrected chi connectivity index (χ1v) is 14.9. The zero-order valence-electron chi connectivity index (χ0n) is 23.7. The number of nitrogen functional groups attached to an aromatic ring is 1. The largest absolute Gasteiger partial charge is 0.495 e. The number of hydrogen-bond donors (Lipinski definition) is 4. The number of hydrogen-bond acceptors (Lipinski definition) is 9. The topological polar surface area (TPSA) is 165 Å². The lowest BCUT2D eigenvalue weighted by atomic mass is 9.98. The normalized spacial score (nSPS) is 14.9. The number of carbonyl (C=O) groups is 1. The van der Waals surface area contributed by atoms with Crippen molar-refractivity contribution in [3.8, 4) is 16.9 Å². The van der Waals surface area contributed by atoms with Crippen LogP contribution in [0.5, 0.6) is 5.75 Å². The summed E-state index contributed by atoms with van der Waals surface area (Å²) in [5, 5.41) is 8.39. The van der Waals surface area contributed by atoms with Gasteiger partial charge >= 0.3 is 12.3 Å². The molecule has 2 aromatic carbocycles. The Labute approximate surface area is 251 Å². The molecule has 234 valence electrons. The lowest BCUT2D eigenvalue weighted by Gasteiger charge is -2.33. The molecule has 2 heterocycles. The number of nitrogens with one attached hydrogen (secondary N) is 3. The molecule has 1 aliphatic heterocycles. The minimum Gasteiger partial charge on any atom is -0.495 e. The number of carbonyl (C=O) groups excluding carboxylic acids is 1. The highest BCUT2D eigenvalue weighted by molar-refractivity contribution is 7.89. The summed E-state index contributed by atoms with van der Waals surface area (Å²) in [6.07, 6.45) is -4.76. The predicted octanol–water partition coefficient (Wildman–Crippen LogP) is 5.16. The van der Waals surface area contributed by atoms with Gasteiger partial charge in [0.25, 0.3) is 0 Å². The quantitative estimate of drug-likeness (QED) is 0.272. The number of H-pyrrole nitrogens is 1. The summed E-state index contributed by atoms with van der Waals surface area (Å²) in [5.41, 5.74) is 3.07. The Kier molecular flexibility index (Phi) is 9.04. The van der Waals surface area contributed by atoms with Gasteiger partial charge in [-0.3, -0.25) is 0 Å². The van der Waals surface area contributed by atoms with E-state index in [1.807, 2.05) is 0 Å². The monoisotopic (exact) mass is 645 g/mol. The summed E-state index contributed by atoms with van der Waals surface area (Å²) in [6.45, 7) is 5.75. The first-order chi connectivity index (χ1) is 20.0. The fourth-order valence-electron chi connectivity index (χ4n) is 4.49. The molecule has 0 atom stereocenters. The highest BCUT2D eigenvalue weighted by atomic mass is 35.5. The lowest BCUT2D eigenvalue weighted by molar-refractivity contribution is -0.137. The predicted molar refractivity (Wildman–Crippen MR) is 154 cm³/mol. The number of benzene rings is 2. The number of methoxy groups -OCH3 is 1. The maximum atomic E-state index is 14.3. The summed E-state index contributed by atoms with van der Waals surface area (Å²) in [4.78, 5) is 17.3. The summed E-state index contributed by atoms with van der Waals surface area (Å²) < 4.78 is 83.0. The van der Waals surface area contributed by atoms with E-state index in [0.717, 1.165) is 12.1 Å². The van der Waals surface area contributed by atoms with Gasteiger partial charge in [-0.05, 0) is 63.4 Å². The molecule has 1 saturated heterocycles. The highest BCUT2D eigenvalue weighted by Gasteiger charge is 2.36. The second-order valence-electron chi connectivity index (χ2n) is 10.8. The molecule has 12 nitrogen and oxygen atoms in total. The molecular weight excluding hydrogens is 615 g/mol. The van der Waals surface area contributed by atoms with Crippen molar-refractivity contribution in [2.45, 2.75) is 56.3 Å². The third-order valence-electron chi connectivity index (χ3n) is 6.36. The molecule has 17 heteroatoms. The minimum absolute atomic E-state index is 0.0459. The number of aromatic nitrogens is 3. The molecule has 0 spiro atoms. The van der Waals surface area contributed by atoms with Crippen molar-refractivity contribution in [1.29, 1.82) is 0 Å². The van der Waals surface area contributed by atoms with Crippen molar-refractivity contribution in [2.24, 2.45) is 0 Å². The number of nitrogens with zero attached hydrogens (tertiary/aromatic N) is 3. The van der Waals surface area contributed by atoms with Crippen LogP contribution in [-0.4, -0.2) is 66.4 Å². The molecule has 5 N–H and O–H groups in total. The number of amides is 1. The van der Waals surface area contributed by atoms with Crippen molar-refractivity contribution < 1.29 is 35.9 Å². The van der Waals surface area contributed by atoms with Crippen molar-refractivity contribution in [3.05, 3.63) is 40.9 Å². The zero-order valence-corrected chi connectivity index (χ0v) is 25.2. The van der Waals surface area contributed by atoms with E-state index in [4.69, 9.17) is 26.8 Å². The van der Waals surface area contributed by atoms with Gasteiger partial charge in [0.05, 0.1) is 17.7 Å². The first kappa shape index (κ1) is 32.2. The number of halogens is 4. The van der Waals surface area contributed by atoms with Crippen LogP contribution in [-0.2, 0) is 20.9 Å². The fraction of sp³-hybridized carbons (Fsp3) is 0.423. The second-order valence-corrected chi connectivity index (χ2v) is 12.9. The van der Waals surface area contributed by atoms with Crippen LogP contribution in [0.4, 0.5) is 35.5 Å². The van der Waals surface area contributed by atoms with Gasteiger partial charge in [0.1, 0.15) is 16.2 Å². The van der Waals surface area contributed by atoms with Crippen molar-refractivity contribution in [3.63, 3.8) is 0 Å².